The molecule has 0 spiro atoms. The van der Waals surface area contributed by atoms with Crippen LogP contribution in [0.4, 0.5) is 8.78 Å². The molecule has 0 aliphatic heterocycles. The number of benzene rings is 2. The number of hydrogen-bond acceptors (Lipinski definition) is 9. The predicted molar refractivity (Wildman–Crippen MR) is 172 cm³/mol. The van der Waals surface area contributed by atoms with Crippen LogP contribution in [0.3, 0.4) is 0 Å². The van der Waals surface area contributed by atoms with Crippen molar-refractivity contribution in [2.24, 2.45) is 10.8 Å². The fourth-order valence-electron chi connectivity index (χ4n) is 4.60. The molecule has 2 heterocycles. The van der Waals surface area contributed by atoms with E-state index in [-0.39, 0.29) is 59.3 Å². The summed E-state index contributed by atoms with van der Waals surface area (Å²) in [5.74, 6) is -3.62. The zero-order valence-corrected chi connectivity index (χ0v) is 28.0. The van der Waals surface area contributed by atoms with Gasteiger partial charge in [-0.2, -0.15) is 0 Å². The number of hydrogen-bond donors (Lipinski definition) is 2. The minimum atomic E-state index is -1.27. The van der Waals surface area contributed by atoms with E-state index in [1.165, 1.54) is 45.5 Å². The lowest BCUT2D eigenvalue weighted by Gasteiger charge is -2.17. The lowest BCUT2D eigenvalue weighted by molar-refractivity contribution is -0.147. The minimum Gasteiger partial charge on any atom is -0.493 e. The SMILES string of the molecule is COc1cc2sc(CCC(C)(C)C(=O)O)cc2c(F)c1OCCCOc1c(OC)cc2sc(C(=O)CC(C)(C)C(=O)O)cc2c1F. The molecule has 9 nitrogen and oxygen atoms in total. The number of Topliss-reactive ketones (excluding diaryl/α,β-unsaturated/α-hetero) is 1. The van der Waals surface area contributed by atoms with Crippen molar-refractivity contribution in [1.29, 1.82) is 0 Å². The molecule has 46 heavy (non-hydrogen) atoms. The normalized spacial score (nSPS) is 12.0. The van der Waals surface area contributed by atoms with Gasteiger partial charge in [-0.15, -0.1) is 22.7 Å². The number of thiophene rings is 2. The van der Waals surface area contributed by atoms with Crippen LogP contribution in [0.1, 0.15) is 61.5 Å². The number of aliphatic carboxylic acids is 2. The highest BCUT2D eigenvalue weighted by Gasteiger charge is 2.32. The summed E-state index contributed by atoms with van der Waals surface area (Å²) >= 11 is 2.41. The van der Waals surface area contributed by atoms with Crippen molar-refractivity contribution < 1.29 is 52.3 Å². The molecule has 4 aromatic rings. The van der Waals surface area contributed by atoms with Gasteiger partial charge in [-0.25, -0.2) is 8.78 Å². The Labute approximate surface area is 272 Å². The first-order valence-corrected chi connectivity index (χ1v) is 16.1. The minimum absolute atomic E-state index is 0.00431. The van der Waals surface area contributed by atoms with Crippen LogP contribution >= 0.6 is 22.7 Å². The van der Waals surface area contributed by atoms with Crippen LogP contribution in [0.25, 0.3) is 20.2 Å². The van der Waals surface area contributed by atoms with Crippen molar-refractivity contribution in [3.63, 3.8) is 0 Å². The van der Waals surface area contributed by atoms with E-state index < -0.39 is 40.2 Å². The van der Waals surface area contributed by atoms with E-state index in [4.69, 9.17) is 18.9 Å². The first kappa shape index (κ1) is 34.9. The molecule has 0 unspecified atom stereocenters. The summed E-state index contributed by atoms with van der Waals surface area (Å²) in [5.41, 5.74) is -2.18. The number of methoxy groups -OCH3 is 2. The summed E-state index contributed by atoms with van der Waals surface area (Å²) in [6.45, 7) is 6.22. The standard InChI is InChI=1S/C33H36F2O9S2/c1-32(2,30(37)38)9-8-17-12-18-23(45-17)14-21(41-5)28(26(18)34)43-10-7-11-44-29-22(42-6)15-24-19(27(29)35)13-25(46-24)20(36)16-33(3,4)31(39)40/h12-15H,7-11,16H2,1-6H3,(H,37,38)(H,39,40). The topological polar surface area (TPSA) is 129 Å². The Morgan fingerprint density at radius 1 is 0.761 bits per heavy atom. The average Bonchev–Trinajstić information content (AvgIpc) is 3.62. The molecule has 13 heteroatoms. The van der Waals surface area contributed by atoms with Gasteiger partial charge in [-0.3, -0.25) is 14.4 Å². The van der Waals surface area contributed by atoms with Crippen molar-refractivity contribution in [2.75, 3.05) is 27.4 Å². The van der Waals surface area contributed by atoms with Gasteiger partial charge in [0.15, 0.2) is 40.4 Å². The number of fused-ring (bicyclic) bond motifs is 2. The third-order valence-electron chi connectivity index (χ3n) is 7.67. The Hall–Kier alpha value is -3.97. The molecule has 2 aromatic heterocycles. The molecule has 2 aromatic carbocycles. The molecule has 0 aliphatic carbocycles. The Balaban J connectivity index is 1.43. The summed E-state index contributed by atoms with van der Waals surface area (Å²) in [5, 5.41) is 19.2. The fraction of sp³-hybridized carbons (Fsp3) is 0.424. The Morgan fingerprint density at radius 3 is 1.76 bits per heavy atom. The number of aryl methyl sites for hydroxylation is 1. The van der Waals surface area contributed by atoms with Crippen LogP contribution < -0.4 is 18.9 Å². The first-order valence-electron chi connectivity index (χ1n) is 14.4. The van der Waals surface area contributed by atoms with Crippen LogP contribution in [0.2, 0.25) is 0 Å². The van der Waals surface area contributed by atoms with Crippen molar-refractivity contribution >= 4 is 60.6 Å². The van der Waals surface area contributed by atoms with E-state index in [9.17, 15) is 24.6 Å². The highest BCUT2D eigenvalue weighted by molar-refractivity contribution is 7.21. The summed E-state index contributed by atoms with van der Waals surface area (Å²) in [6, 6.07) is 6.32. The van der Waals surface area contributed by atoms with Crippen molar-refractivity contribution in [3.05, 3.63) is 45.7 Å². The van der Waals surface area contributed by atoms with E-state index in [1.54, 1.807) is 32.0 Å². The Kier molecular flexibility index (Phi) is 10.5. The zero-order chi connectivity index (χ0) is 34.0. The van der Waals surface area contributed by atoms with Gasteiger partial charge in [0.2, 0.25) is 0 Å². The molecule has 0 fully saturated rings. The van der Waals surface area contributed by atoms with E-state index in [2.05, 4.69) is 0 Å². The van der Waals surface area contributed by atoms with Gasteiger partial charge in [0, 0.05) is 50.0 Å². The second kappa shape index (κ2) is 13.8. The molecule has 248 valence electrons. The van der Waals surface area contributed by atoms with Gasteiger partial charge in [-0.05, 0) is 52.7 Å². The number of halogens is 2. The molecule has 0 saturated heterocycles. The maximum atomic E-state index is 15.6. The van der Waals surface area contributed by atoms with Crippen LogP contribution in [-0.4, -0.2) is 55.4 Å². The van der Waals surface area contributed by atoms with Gasteiger partial charge in [0.25, 0.3) is 0 Å². The monoisotopic (exact) mass is 678 g/mol. The average molecular weight is 679 g/mol. The van der Waals surface area contributed by atoms with Crippen molar-refractivity contribution in [1.82, 2.24) is 0 Å². The second-order valence-corrected chi connectivity index (χ2v) is 14.4. The smallest absolute Gasteiger partial charge is 0.309 e. The second-order valence-electron chi connectivity index (χ2n) is 12.1. The molecule has 4 rings (SSSR count). The van der Waals surface area contributed by atoms with Gasteiger partial charge in [-0.1, -0.05) is 0 Å². The number of carboxylic acids is 2. The summed E-state index contributed by atoms with van der Waals surface area (Å²) in [7, 11) is 2.77. The van der Waals surface area contributed by atoms with E-state index in [0.717, 1.165) is 16.2 Å². The highest BCUT2D eigenvalue weighted by Crippen LogP contribution is 2.42. The molecule has 2 N–H and O–H groups in total. The lowest BCUT2D eigenvalue weighted by atomic mass is 9.87. The highest BCUT2D eigenvalue weighted by atomic mass is 32.1. The number of ether oxygens (including phenoxy) is 4. The van der Waals surface area contributed by atoms with Crippen LogP contribution in [0.15, 0.2) is 24.3 Å². The molecule has 0 radical (unpaired) electrons. The third-order valence-corrected chi connectivity index (χ3v) is 9.93. The first-order chi connectivity index (χ1) is 21.6. The van der Waals surface area contributed by atoms with Crippen molar-refractivity contribution in [3.8, 4) is 23.0 Å². The van der Waals surface area contributed by atoms with E-state index in [1.807, 2.05) is 0 Å². The molecular formula is C33H36F2O9S2. The van der Waals surface area contributed by atoms with Crippen LogP contribution in [0, 0.1) is 22.5 Å². The fourth-order valence-corrected chi connectivity index (χ4v) is 6.71. The molecule has 0 amide bonds. The van der Waals surface area contributed by atoms with Crippen molar-refractivity contribution in [2.45, 2.75) is 53.4 Å². The number of carbonyl (C=O) groups excluding carboxylic acids is 1. The van der Waals surface area contributed by atoms with Crippen LogP contribution in [-0.2, 0) is 16.0 Å². The van der Waals surface area contributed by atoms with E-state index >= 15 is 8.78 Å². The molecule has 0 bridgehead atoms. The zero-order valence-electron chi connectivity index (χ0n) is 26.4. The molecule has 0 aliphatic rings. The lowest BCUT2D eigenvalue weighted by Crippen LogP contribution is -2.26. The maximum absolute atomic E-state index is 15.6. The number of ketones is 1. The molecule has 0 saturated carbocycles. The quantitative estimate of drug-likeness (QED) is 0.0895. The predicted octanol–water partition coefficient (Wildman–Crippen LogP) is 7.99. The Bertz CT molecular complexity index is 1790. The molecular weight excluding hydrogens is 642 g/mol. The Morgan fingerprint density at radius 2 is 1.26 bits per heavy atom. The summed E-state index contributed by atoms with van der Waals surface area (Å²) < 4.78 is 54.4. The number of carboxylic acid groups (broad SMARTS) is 2. The van der Waals surface area contributed by atoms with Gasteiger partial charge in [0.05, 0.1) is 43.1 Å². The summed E-state index contributed by atoms with van der Waals surface area (Å²) in [4.78, 5) is 36.7. The third kappa shape index (κ3) is 7.36. The molecule has 0 atom stereocenters. The largest absolute Gasteiger partial charge is 0.493 e. The summed E-state index contributed by atoms with van der Waals surface area (Å²) in [6.07, 6.45) is 0.879. The van der Waals surface area contributed by atoms with Gasteiger partial charge >= 0.3 is 11.9 Å². The van der Waals surface area contributed by atoms with Crippen LogP contribution in [0.5, 0.6) is 23.0 Å². The van der Waals surface area contributed by atoms with Gasteiger partial charge < -0.3 is 29.2 Å². The maximum Gasteiger partial charge on any atom is 0.309 e. The van der Waals surface area contributed by atoms with E-state index in [0.29, 0.717) is 27.6 Å². The number of carbonyl (C=O) groups is 3. The van der Waals surface area contributed by atoms with Gasteiger partial charge in [0.1, 0.15) is 0 Å². The number of rotatable bonds is 16.